The molecule has 1 atom stereocenters. The van der Waals surface area contributed by atoms with Crippen LogP contribution in [0.25, 0.3) is 0 Å². The van der Waals surface area contributed by atoms with Crippen LogP contribution in [0.1, 0.15) is 24.8 Å². The Hall–Kier alpha value is -2.41. The molecule has 0 saturated carbocycles. The minimum Gasteiger partial charge on any atom is -0.490 e. The summed E-state index contributed by atoms with van der Waals surface area (Å²) >= 11 is 0. The number of aromatic nitrogens is 3. The van der Waals surface area contributed by atoms with Gasteiger partial charge in [0.1, 0.15) is 30.6 Å². The third-order valence-corrected chi connectivity index (χ3v) is 4.52. The van der Waals surface area contributed by atoms with Gasteiger partial charge < -0.3 is 14.7 Å². The van der Waals surface area contributed by atoms with Crippen molar-refractivity contribution in [1.29, 1.82) is 0 Å². The van der Waals surface area contributed by atoms with E-state index in [2.05, 4.69) is 10.1 Å². The number of aryl methyl sites for hydroxylation is 2. The van der Waals surface area contributed by atoms with Crippen LogP contribution in [0.3, 0.4) is 0 Å². The summed E-state index contributed by atoms with van der Waals surface area (Å²) in [6.07, 6.45) is 4.80. The zero-order valence-electron chi connectivity index (χ0n) is 14.5. The number of amides is 1. The van der Waals surface area contributed by atoms with Crippen LogP contribution in [0.4, 0.5) is 0 Å². The second kappa shape index (κ2) is 7.65. The molecule has 0 spiro atoms. The Bertz CT molecular complexity index is 704. The summed E-state index contributed by atoms with van der Waals surface area (Å²) in [5, 5.41) is 14.7. The molecule has 0 bridgehead atoms. The maximum atomic E-state index is 12.3. The number of hydrogen-bond donors (Lipinski definition) is 1. The third-order valence-electron chi connectivity index (χ3n) is 4.52. The van der Waals surface area contributed by atoms with Crippen LogP contribution in [0.5, 0.6) is 5.75 Å². The van der Waals surface area contributed by atoms with Gasteiger partial charge >= 0.3 is 0 Å². The third kappa shape index (κ3) is 4.57. The maximum Gasteiger partial charge on any atom is 0.222 e. The zero-order valence-corrected chi connectivity index (χ0v) is 14.5. The van der Waals surface area contributed by atoms with Gasteiger partial charge in [-0.05, 0) is 31.4 Å². The molecular weight excluding hydrogens is 320 g/mol. The first-order chi connectivity index (χ1) is 12.1. The second-order valence-corrected chi connectivity index (χ2v) is 6.61. The Balaban J connectivity index is 1.45. The van der Waals surface area contributed by atoms with Crippen LogP contribution in [0.2, 0.25) is 0 Å². The SMILES string of the molecule is Cc1ccccc1OC[C@]1(O)CCN(C(=O)CCCn2cncn2)C1. The molecule has 7 heteroatoms. The number of aliphatic hydroxyl groups is 1. The summed E-state index contributed by atoms with van der Waals surface area (Å²) in [6.45, 7) is 3.72. The molecule has 1 aliphatic rings. The standard InChI is InChI=1S/C18H24N4O3/c1-15-5-2-3-6-16(15)25-12-18(24)8-10-21(11-18)17(23)7-4-9-22-14-19-13-20-22/h2-3,5-6,13-14,24H,4,7-12H2,1H3/t18-/m0/s1. The summed E-state index contributed by atoms with van der Waals surface area (Å²) in [5.41, 5.74) is 0.0502. The number of carbonyl (C=O) groups is 1. The van der Waals surface area contributed by atoms with E-state index in [0.717, 1.165) is 11.3 Å². The van der Waals surface area contributed by atoms with Gasteiger partial charge in [-0.3, -0.25) is 9.48 Å². The van der Waals surface area contributed by atoms with Gasteiger partial charge in [0.15, 0.2) is 0 Å². The summed E-state index contributed by atoms with van der Waals surface area (Å²) in [4.78, 5) is 17.9. The van der Waals surface area contributed by atoms with Gasteiger partial charge in [0, 0.05) is 19.5 Å². The normalized spacial score (nSPS) is 20.0. The lowest BCUT2D eigenvalue weighted by Gasteiger charge is -2.24. The topological polar surface area (TPSA) is 80.5 Å². The summed E-state index contributed by atoms with van der Waals surface area (Å²) in [5.74, 6) is 0.834. The molecule has 1 fully saturated rings. The van der Waals surface area contributed by atoms with E-state index in [1.807, 2.05) is 31.2 Å². The number of carbonyl (C=O) groups excluding carboxylic acids is 1. The van der Waals surface area contributed by atoms with E-state index >= 15 is 0 Å². The Morgan fingerprint density at radius 2 is 2.24 bits per heavy atom. The van der Waals surface area contributed by atoms with Gasteiger partial charge in [0.05, 0.1) is 6.54 Å². The molecule has 134 valence electrons. The molecule has 2 aromatic rings. The van der Waals surface area contributed by atoms with Crippen LogP contribution in [0, 0.1) is 6.92 Å². The number of likely N-dealkylation sites (tertiary alicyclic amines) is 1. The number of nitrogens with zero attached hydrogens (tertiary/aromatic N) is 4. The first kappa shape index (κ1) is 17.4. The lowest BCUT2D eigenvalue weighted by molar-refractivity contribution is -0.131. The minimum atomic E-state index is -0.982. The smallest absolute Gasteiger partial charge is 0.222 e. The fourth-order valence-corrected chi connectivity index (χ4v) is 3.02. The fourth-order valence-electron chi connectivity index (χ4n) is 3.02. The molecule has 0 aliphatic carbocycles. The second-order valence-electron chi connectivity index (χ2n) is 6.61. The van der Waals surface area contributed by atoms with Gasteiger partial charge in [-0.1, -0.05) is 18.2 Å². The van der Waals surface area contributed by atoms with Crippen LogP contribution in [0.15, 0.2) is 36.9 Å². The highest BCUT2D eigenvalue weighted by Crippen LogP contribution is 2.25. The van der Waals surface area contributed by atoms with Crippen LogP contribution >= 0.6 is 0 Å². The van der Waals surface area contributed by atoms with Gasteiger partial charge in [-0.2, -0.15) is 5.10 Å². The first-order valence-corrected chi connectivity index (χ1v) is 8.57. The average molecular weight is 344 g/mol. The molecule has 1 N–H and O–H groups in total. The number of para-hydroxylation sites is 1. The number of β-amino-alcohol motifs (C(OH)–C–C–N with tert-alkyl or cyclic N) is 1. The van der Waals surface area contributed by atoms with Crippen LogP contribution in [-0.2, 0) is 11.3 Å². The Morgan fingerprint density at radius 1 is 1.40 bits per heavy atom. The van der Waals surface area contributed by atoms with Gasteiger partial charge in [-0.25, -0.2) is 4.98 Å². The van der Waals surface area contributed by atoms with Crippen molar-refractivity contribution >= 4 is 5.91 Å². The van der Waals surface area contributed by atoms with E-state index in [4.69, 9.17) is 4.74 Å². The predicted octanol–water partition coefficient (Wildman–Crippen LogP) is 1.41. The average Bonchev–Trinajstić information content (AvgIpc) is 3.24. The number of rotatable bonds is 7. The minimum absolute atomic E-state index is 0.0620. The zero-order chi connectivity index (χ0) is 17.7. The molecule has 1 saturated heterocycles. The first-order valence-electron chi connectivity index (χ1n) is 8.57. The van der Waals surface area contributed by atoms with Crippen molar-refractivity contribution < 1.29 is 14.6 Å². The number of benzene rings is 1. The van der Waals surface area contributed by atoms with E-state index in [1.165, 1.54) is 6.33 Å². The molecule has 1 amide bonds. The highest BCUT2D eigenvalue weighted by atomic mass is 16.5. The molecule has 2 heterocycles. The highest BCUT2D eigenvalue weighted by molar-refractivity contribution is 5.76. The van der Waals surface area contributed by atoms with Crippen molar-refractivity contribution in [2.45, 2.75) is 38.3 Å². The Morgan fingerprint density at radius 3 is 3.00 bits per heavy atom. The molecule has 7 nitrogen and oxygen atoms in total. The van der Waals surface area contributed by atoms with E-state index in [0.29, 0.717) is 38.9 Å². The molecule has 25 heavy (non-hydrogen) atoms. The van der Waals surface area contributed by atoms with Gasteiger partial charge in [-0.15, -0.1) is 0 Å². The van der Waals surface area contributed by atoms with E-state index in [-0.39, 0.29) is 12.5 Å². The van der Waals surface area contributed by atoms with E-state index < -0.39 is 5.60 Å². The fraction of sp³-hybridized carbons (Fsp3) is 0.500. The van der Waals surface area contributed by atoms with Crippen molar-refractivity contribution in [2.75, 3.05) is 19.7 Å². The Kier molecular flexibility index (Phi) is 5.33. The highest BCUT2D eigenvalue weighted by Gasteiger charge is 2.38. The maximum absolute atomic E-state index is 12.3. The van der Waals surface area contributed by atoms with Gasteiger partial charge in [0.25, 0.3) is 0 Å². The lowest BCUT2D eigenvalue weighted by Crippen LogP contribution is -2.40. The van der Waals surface area contributed by atoms with E-state index in [1.54, 1.807) is 15.9 Å². The quantitative estimate of drug-likeness (QED) is 0.821. The molecule has 0 radical (unpaired) electrons. The van der Waals surface area contributed by atoms with Crippen molar-refractivity contribution in [2.24, 2.45) is 0 Å². The van der Waals surface area contributed by atoms with Crippen LogP contribution in [-0.4, -0.2) is 56.0 Å². The lowest BCUT2D eigenvalue weighted by atomic mass is 10.1. The van der Waals surface area contributed by atoms with Crippen molar-refractivity contribution in [1.82, 2.24) is 19.7 Å². The molecule has 3 rings (SSSR count). The number of ether oxygens (including phenoxy) is 1. The molecule has 1 aromatic heterocycles. The molecule has 1 aromatic carbocycles. The van der Waals surface area contributed by atoms with Gasteiger partial charge in [0.2, 0.25) is 5.91 Å². The largest absolute Gasteiger partial charge is 0.490 e. The Labute approximate surface area is 147 Å². The summed E-state index contributed by atoms with van der Waals surface area (Å²) < 4.78 is 7.49. The number of hydrogen-bond acceptors (Lipinski definition) is 5. The van der Waals surface area contributed by atoms with Crippen molar-refractivity contribution in [3.8, 4) is 5.75 Å². The monoisotopic (exact) mass is 344 g/mol. The molecular formula is C18H24N4O3. The van der Waals surface area contributed by atoms with E-state index in [9.17, 15) is 9.90 Å². The summed E-state index contributed by atoms with van der Waals surface area (Å²) in [7, 11) is 0. The van der Waals surface area contributed by atoms with Crippen molar-refractivity contribution in [3.05, 3.63) is 42.5 Å². The van der Waals surface area contributed by atoms with Crippen molar-refractivity contribution in [3.63, 3.8) is 0 Å². The molecule has 1 aliphatic heterocycles. The molecule has 0 unspecified atom stereocenters. The summed E-state index contributed by atoms with van der Waals surface area (Å²) in [6, 6.07) is 7.72. The predicted molar refractivity (Wildman–Crippen MR) is 92.1 cm³/mol. The van der Waals surface area contributed by atoms with Crippen LogP contribution < -0.4 is 4.74 Å².